The Labute approximate surface area is 139 Å². The standard InChI is InChI=1S/C7H12BO2.C6H10BO2.W/c1-4-6(9-3)5(2)10-7(4)8;1-4-2-5(3-8)9-6(4)7;/h4-7H,2H2,1,3H3;2,4-6,8H,3H2,1H3;/q2*-1;+2/t4?,5-,6?,7-;4?,5-,6+;/m10./s1. The van der Waals surface area contributed by atoms with Gasteiger partial charge in [0.15, 0.2) is 0 Å². The summed E-state index contributed by atoms with van der Waals surface area (Å²) in [7, 11) is 12.7. The Morgan fingerprint density at radius 1 is 1.25 bits per heavy atom. The van der Waals surface area contributed by atoms with Gasteiger partial charge in [-0.15, -0.1) is 0 Å². The predicted octanol–water partition coefficient (Wildman–Crippen LogP) is 0.0750. The van der Waals surface area contributed by atoms with Crippen molar-refractivity contribution in [2.24, 2.45) is 11.8 Å². The average molecular weight is 448 g/mol. The number of hydrogen-bond donors (Lipinski definition) is 1. The van der Waals surface area contributed by atoms with Crippen molar-refractivity contribution in [3.05, 3.63) is 13.3 Å². The van der Waals surface area contributed by atoms with Gasteiger partial charge in [-0.05, 0) is 24.1 Å². The summed E-state index contributed by atoms with van der Waals surface area (Å²) in [6, 6.07) is -0.436. The number of aliphatic hydroxyl groups is 1. The quantitative estimate of drug-likeness (QED) is 0.481. The summed E-state index contributed by atoms with van der Waals surface area (Å²) in [5.41, 5.74) is 0. The molecule has 7 atom stereocenters. The molecule has 0 aromatic rings. The van der Waals surface area contributed by atoms with E-state index in [0.717, 1.165) is 0 Å². The van der Waals surface area contributed by atoms with Gasteiger partial charge in [0.25, 0.3) is 0 Å². The van der Waals surface area contributed by atoms with Crippen LogP contribution in [0.2, 0.25) is 0 Å². The maximum Gasteiger partial charge on any atom is 2.00 e. The summed E-state index contributed by atoms with van der Waals surface area (Å²) in [4.78, 5) is 0. The molecule has 4 radical (unpaired) electrons. The molecule has 0 aromatic heterocycles. The van der Waals surface area contributed by atoms with Crippen molar-refractivity contribution in [1.82, 2.24) is 0 Å². The number of ether oxygens (including phenoxy) is 3. The summed E-state index contributed by atoms with van der Waals surface area (Å²) in [6.45, 7) is 7.78. The molecular formula is C13H22B2O4W. The van der Waals surface area contributed by atoms with Gasteiger partial charge in [-0.3, -0.25) is 6.42 Å². The molecule has 2 aliphatic heterocycles. The van der Waals surface area contributed by atoms with Crippen molar-refractivity contribution in [3.63, 3.8) is 0 Å². The fraction of sp³-hybridized carbons (Fsp3) is 0.846. The zero-order valence-corrected chi connectivity index (χ0v) is 15.2. The monoisotopic (exact) mass is 448 g/mol. The molecule has 2 aliphatic rings. The minimum Gasteiger partial charge on any atom is -0.417 e. The normalized spacial score (nSPS) is 43.5. The average Bonchev–Trinajstić information content (AvgIpc) is 2.81. The molecule has 1 N–H and O–H groups in total. The molecule has 2 saturated heterocycles. The molecule has 3 unspecified atom stereocenters. The van der Waals surface area contributed by atoms with Crippen LogP contribution in [0.1, 0.15) is 13.8 Å². The van der Waals surface area contributed by atoms with Crippen molar-refractivity contribution < 1.29 is 40.4 Å². The second kappa shape index (κ2) is 9.63. The van der Waals surface area contributed by atoms with Gasteiger partial charge in [-0.25, -0.2) is 0 Å². The summed E-state index contributed by atoms with van der Waals surface area (Å²) in [5.74, 6) is 0.509. The zero-order chi connectivity index (χ0) is 14.6. The Morgan fingerprint density at radius 2 is 1.85 bits per heavy atom. The summed E-state index contributed by atoms with van der Waals surface area (Å²) >= 11 is 0. The summed E-state index contributed by atoms with van der Waals surface area (Å²) in [6.07, 6.45) is 1.71. The SMILES string of the molecule is [B][C@@H]1O[C@H](CO)[CH-]C1C.[B][C@@H]1O[C@H]([CH2-])C(OC)C1C.[W+2]. The number of rotatable bonds is 2. The Balaban J connectivity index is 0.000000345. The van der Waals surface area contributed by atoms with Gasteiger partial charge in [0, 0.05) is 19.7 Å². The molecule has 2 fully saturated rings. The van der Waals surface area contributed by atoms with Crippen LogP contribution in [-0.2, 0) is 35.3 Å². The first-order valence-corrected chi connectivity index (χ1v) is 6.54. The van der Waals surface area contributed by atoms with Gasteiger partial charge in [-0.1, -0.05) is 13.8 Å². The van der Waals surface area contributed by atoms with E-state index in [0.29, 0.717) is 0 Å². The fourth-order valence-corrected chi connectivity index (χ4v) is 2.22. The van der Waals surface area contributed by atoms with Crippen LogP contribution in [0.5, 0.6) is 0 Å². The van der Waals surface area contributed by atoms with Gasteiger partial charge in [-0.2, -0.15) is 5.92 Å². The predicted molar refractivity (Wildman–Crippen MR) is 74.7 cm³/mol. The van der Waals surface area contributed by atoms with Crippen LogP contribution in [0.25, 0.3) is 0 Å². The van der Waals surface area contributed by atoms with Crippen molar-refractivity contribution in [2.45, 2.75) is 44.2 Å². The fourth-order valence-electron chi connectivity index (χ4n) is 2.22. The van der Waals surface area contributed by atoms with E-state index in [-0.39, 0.29) is 69.8 Å². The summed E-state index contributed by atoms with van der Waals surface area (Å²) < 4.78 is 15.5. The van der Waals surface area contributed by atoms with Crippen LogP contribution < -0.4 is 0 Å². The molecule has 20 heavy (non-hydrogen) atoms. The molecule has 7 heteroatoms. The van der Waals surface area contributed by atoms with Gasteiger partial charge < -0.3 is 26.2 Å². The van der Waals surface area contributed by atoms with Crippen molar-refractivity contribution in [1.29, 1.82) is 0 Å². The molecule has 0 aliphatic carbocycles. The Hall–Kier alpha value is 0.658. The van der Waals surface area contributed by atoms with E-state index in [1.54, 1.807) is 7.11 Å². The number of aliphatic hydroxyl groups excluding tert-OH is 1. The zero-order valence-electron chi connectivity index (χ0n) is 12.3. The molecule has 0 amide bonds. The topological polar surface area (TPSA) is 47.9 Å². The maximum absolute atomic E-state index is 8.59. The van der Waals surface area contributed by atoms with E-state index in [4.69, 9.17) is 35.0 Å². The van der Waals surface area contributed by atoms with Gasteiger partial charge in [0.1, 0.15) is 15.7 Å². The van der Waals surface area contributed by atoms with E-state index in [9.17, 15) is 0 Å². The Kier molecular flexibility index (Phi) is 9.95. The minimum absolute atomic E-state index is 0. The van der Waals surface area contributed by atoms with E-state index < -0.39 is 0 Å². The Bertz CT molecular complexity index is 263. The molecule has 4 nitrogen and oxygen atoms in total. The van der Waals surface area contributed by atoms with E-state index in [2.05, 4.69) is 6.92 Å². The van der Waals surface area contributed by atoms with Crippen LogP contribution in [0.4, 0.5) is 0 Å². The maximum atomic E-state index is 8.59. The molecule has 0 aromatic carbocycles. The van der Waals surface area contributed by atoms with Crippen LogP contribution in [0, 0.1) is 25.2 Å². The van der Waals surface area contributed by atoms with Crippen molar-refractivity contribution in [2.75, 3.05) is 13.7 Å². The van der Waals surface area contributed by atoms with Crippen LogP contribution >= 0.6 is 0 Å². The largest absolute Gasteiger partial charge is 2.00 e. The van der Waals surface area contributed by atoms with Crippen LogP contribution in [-0.4, -0.2) is 64.8 Å². The van der Waals surface area contributed by atoms with Crippen LogP contribution in [0.15, 0.2) is 0 Å². The third-order valence-corrected chi connectivity index (χ3v) is 3.56. The minimum atomic E-state index is -0.220. The van der Waals surface area contributed by atoms with Gasteiger partial charge in [0.2, 0.25) is 0 Å². The second-order valence-corrected chi connectivity index (χ2v) is 5.07. The number of hydrogen-bond acceptors (Lipinski definition) is 4. The molecule has 0 spiro atoms. The molecule has 0 bridgehead atoms. The third-order valence-electron chi connectivity index (χ3n) is 3.56. The summed E-state index contributed by atoms with van der Waals surface area (Å²) in [5, 5.41) is 8.59. The van der Waals surface area contributed by atoms with E-state index in [1.165, 1.54) is 0 Å². The molecular weight excluding hydrogens is 426 g/mol. The van der Waals surface area contributed by atoms with Crippen LogP contribution in [0.3, 0.4) is 0 Å². The first-order valence-electron chi connectivity index (χ1n) is 6.54. The first-order chi connectivity index (χ1) is 8.90. The molecule has 110 valence electrons. The molecule has 0 saturated carbocycles. The second-order valence-electron chi connectivity index (χ2n) is 5.07. The van der Waals surface area contributed by atoms with Gasteiger partial charge >= 0.3 is 21.1 Å². The van der Waals surface area contributed by atoms with Gasteiger partial charge in [0.05, 0.1) is 6.10 Å². The smallest absolute Gasteiger partial charge is 0.417 e. The van der Waals surface area contributed by atoms with Crippen molar-refractivity contribution in [3.8, 4) is 0 Å². The first kappa shape index (κ1) is 20.7. The van der Waals surface area contributed by atoms with Crippen molar-refractivity contribution >= 4 is 15.7 Å². The van der Waals surface area contributed by atoms with E-state index >= 15 is 0 Å². The Morgan fingerprint density at radius 3 is 2.05 bits per heavy atom. The molecule has 2 rings (SSSR count). The third kappa shape index (κ3) is 5.45. The molecule has 2 heterocycles. The van der Waals surface area contributed by atoms with E-state index in [1.807, 2.05) is 20.3 Å². The number of methoxy groups -OCH3 is 1.